The number of hydrogen-bond acceptors (Lipinski definition) is 0. The van der Waals surface area contributed by atoms with Gasteiger partial charge in [0.25, 0.3) is 0 Å². The van der Waals surface area contributed by atoms with E-state index in [0.29, 0.717) is 0 Å². The van der Waals surface area contributed by atoms with Gasteiger partial charge in [0.05, 0.1) is 0 Å². The Kier molecular flexibility index (Phi) is 3.59. The van der Waals surface area contributed by atoms with E-state index < -0.39 is 5.59 Å². The molecule has 0 fully saturated rings. The van der Waals surface area contributed by atoms with Gasteiger partial charge in [0.1, 0.15) is 0 Å². The molecule has 0 radical (unpaired) electrons. The lowest BCUT2D eigenvalue weighted by atomic mass is 10.4. The zero-order valence-corrected chi connectivity index (χ0v) is 12.9. The summed E-state index contributed by atoms with van der Waals surface area (Å²) in [6.07, 6.45) is 8.64. The summed E-state index contributed by atoms with van der Waals surface area (Å²) in [7, 11) is 0. The van der Waals surface area contributed by atoms with E-state index in [1.807, 2.05) is 0 Å². The van der Waals surface area contributed by atoms with Gasteiger partial charge < -0.3 is 0 Å². The van der Waals surface area contributed by atoms with Crippen LogP contribution in [0.1, 0.15) is 0 Å². The molecule has 2 aromatic rings. The Morgan fingerprint density at radius 3 is 1.47 bits per heavy atom. The molecule has 0 N–H and O–H groups in total. The molecular weight excluding hydrogens is 315 g/mol. The average molecular weight is 329 g/mol. The Bertz CT molecular complexity index is 624. The average Bonchev–Trinajstić information content (AvgIpc) is 3.03. The lowest BCUT2D eigenvalue weighted by molar-refractivity contribution is 1.76. The quantitative estimate of drug-likeness (QED) is 0.722. The molecule has 0 saturated heterocycles. The summed E-state index contributed by atoms with van der Waals surface area (Å²) in [5.74, 6) is 0. The molecule has 3 rings (SSSR count). The molecule has 0 unspecified atom stereocenters. The number of rotatable bonds is 2. The Labute approximate surface area is 122 Å². The molecule has 94 valence electrons. The molecule has 0 saturated carbocycles. The lowest BCUT2D eigenvalue weighted by Gasteiger charge is -2.23. The Morgan fingerprint density at radius 2 is 1.05 bits per heavy atom. The largest absolute Gasteiger partial charge is 0.0622 e. The third-order valence-corrected chi connectivity index (χ3v) is 9.94. The van der Waals surface area contributed by atoms with E-state index in [1.54, 1.807) is 0 Å². The van der Waals surface area contributed by atoms with E-state index in [4.69, 9.17) is 0 Å². The molecule has 0 heterocycles. The second-order valence-electron chi connectivity index (χ2n) is 4.40. The molecule has 0 nitrogen and oxygen atoms in total. The van der Waals surface area contributed by atoms with Crippen LogP contribution in [0.25, 0.3) is 0 Å². The van der Waals surface area contributed by atoms with E-state index in [2.05, 4.69) is 100 Å². The summed E-state index contributed by atoms with van der Waals surface area (Å²) < 4.78 is 0. The van der Waals surface area contributed by atoms with Crippen molar-refractivity contribution < 1.29 is 0 Å². The minimum Gasteiger partial charge on any atom is -0.0622 e. The van der Waals surface area contributed by atoms with Gasteiger partial charge in [0, 0.05) is 5.59 Å². The van der Waals surface area contributed by atoms with Crippen LogP contribution in [0.4, 0.5) is 0 Å². The van der Waals surface area contributed by atoms with E-state index in [1.165, 1.54) is 15.9 Å². The molecule has 2 heteroatoms. The van der Waals surface area contributed by atoms with E-state index in [-0.39, 0.29) is 0 Å². The topological polar surface area (TPSA) is 0 Å². The zero-order chi connectivity index (χ0) is 13.1. The highest BCUT2D eigenvalue weighted by Gasteiger charge is 2.22. The monoisotopic (exact) mass is 328 g/mol. The smallest absolute Gasteiger partial charge is 0.0186 e. The fraction of sp³-hybridized carbons (Fsp3) is 0. The maximum absolute atomic E-state index is 4.10. The third-order valence-electron chi connectivity index (χ3n) is 3.22. The maximum Gasteiger partial charge on any atom is 0.0186 e. The van der Waals surface area contributed by atoms with Crippen molar-refractivity contribution >= 4 is 37.0 Å². The molecule has 19 heavy (non-hydrogen) atoms. The van der Waals surface area contributed by atoms with Crippen molar-refractivity contribution in [1.29, 1.82) is 0 Å². The Balaban J connectivity index is 2.33. The van der Waals surface area contributed by atoms with Crippen molar-refractivity contribution in [1.82, 2.24) is 0 Å². The molecule has 1 aliphatic carbocycles. The van der Waals surface area contributed by atoms with Crippen LogP contribution >= 0.6 is 21.1 Å². The van der Waals surface area contributed by atoms with Crippen LogP contribution < -0.4 is 10.6 Å². The molecule has 0 amide bonds. The van der Waals surface area contributed by atoms with Crippen LogP contribution in [-0.4, -0.2) is 5.29 Å². The minimum atomic E-state index is -1.67. The van der Waals surface area contributed by atoms with E-state index >= 15 is 0 Å². The van der Waals surface area contributed by atoms with Gasteiger partial charge in [-0.25, -0.2) is 0 Å². The number of hydrogen-bond donors (Lipinski definition) is 0. The molecule has 0 bridgehead atoms. The molecule has 1 aliphatic rings. The number of benzene rings is 2. The minimum absolute atomic E-state index is 1.35. The summed E-state index contributed by atoms with van der Waals surface area (Å²) in [6, 6.07) is 21.4. The van der Waals surface area contributed by atoms with Crippen molar-refractivity contribution in [2.75, 3.05) is 0 Å². The first-order chi connectivity index (χ1) is 9.32. The second-order valence-corrected chi connectivity index (χ2v) is 10.3. The van der Waals surface area contributed by atoms with Crippen molar-refractivity contribution in [3.63, 3.8) is 0 Å². The van der Waals surface area contributed by atoms with Gasteiger partial charge >= 0.3 is 0 Å². The fourth-order valence-corrected chi connectivity index (χ4v) is 7.05. The molecule has 2 aromatic carbocycles. The van der Waals surface area contributed by atoms with Gasteiger partial charge in [0.2, 0.25) is 0 Å². The van der Waals surface area contributed by atoms with Crippen molar-refractivity contribution in [3.8, 4) is 0 Å². The second kappa shape index (κ2) is 5.36. The van der Waals surface area contributed by atoms with Crippen molar-refractivity contribution in [2.24, 2.45) is 0 Å². The Hall–Kier alpha value is -1.30. The first-order valence-corrected chi connectivity index (χ1v) is 10.0. The van der Waals surface area contributed by atoms with Gasteiger partial charge in [0.15, 0.2) is 0 Å². The maximum atomic E-state index is 4.10. The molecule has 0 spiro atoms. The number of allylic oxidation sites excluding steroid dienone is 4. The normalized spacial score (nSPS) is 14.1. The van der Waals surface area contributed by atoms with Gasteiger partial charge in [-0.1, -0.05) is 100 Å². The van der Waals surface area contributed by atoms with Crippen LogP contribution in [0.15, 0.2) is 85.0 Å². The van der Waals surface area contributed by atoms with Gasteiger partial charge in [-0.2, -0.15) is 0 Å². The molecule has 0 aliphatic heterocycles. The van der Waals surface area contributed by atoms with E-state index in [0.717, 1.165) is 0 Å². The standard InChI is InChI=1S/C17H14BrP/c18-19(17-13-7-8-14-17,15-9-3-1-4-10-15)16-11-5-2-6-12-16/h1-14H. The summed E-state index contributed by atoms with van der Waals surface area (Å²) in [6.45, 7) is 0. The van der Waals surface area contributed by atoms with Crippen molar-refractivity contribution in [3.05, 3.63) is 85.0 Å². The predicted molar refractivity (Wildman–Crippen MR) is 91.3 cm³/mol. The van der Waals surface area contributed by atoms with Gasteiger partial charge in [-0.15, -0.1) is 0 Å². The third kappa shape index (κ3) is 2.29. The van der Waals surface area contributed by atoms with Gasteiger partial charge in [-0.3, -0.25) is 0 Å². The molecular formula is C17H14BrP. The van der Waals surface area contributed by atoms with Crippen LogP contribution in [0, 0.1) is 0 Å². The number of halogens is 1. The zero-order valence-electron chi connectivity index (χ0n) is 10.4. The first-order valence-electron chi connectivity index (χ1n) is 6.24. The van der Waals surface area contributed by atoms with Gasteiger partial charge in [-0.05, 0) is 15.9 Å². The van der Waals surface area contributed by atoms with E-state index in [9.17, 15) is 0 Å². The lowest BCUT2D eigenvalue weighted by Crippen LogP contribution is -2.16. The summed E-state index contributed by atoms with van der Waals surface area (Å²) in [5, 5.41) is 4.07. The van der Waals surface area contributed by atoms with Crippen LogP contribution in [0.5, 0.6) is 0 Å². The molecule has 0 aromatic heterocycles. The summed E-state index contributed by atoms with van der Waals surface area (Å²) in [4.78, 5) is 0. The Morgan fingerprint density at radius 1 is 0.632 bits per heavy atom. The van der Waals surface area contributed by atoms with Crippen LogP contribution in [0.3, 0.4) is 0 Å². The SMILES string of the molecule is BrP(=C1C=CC=C1)(c1ccccc1)c1ccccc1. The highest BCUT2D eigenvalue weighted by Crippen LogP contribution is 2.55. The van der Waals surface area contributed by atoms with Crippen LogP contribution in [-0.2, 0) is 0 Å². The predicted octanol–water partition coefficient (Wildman–Crippen LogP) is 4.26. The van der Waals surface area contributed by atoms with Crippen LogP contribution in [0.2, 0.25) is 0 Å². The first kappa shape index (κ1) is 12.7. The highest BCUT2D eigenvalue weighted by atomic mass is 79.9. The molecule has 0 atom stereocenters. The summed E-state index contributed by atoms with van der Waals surface area (Å²) in [5.41, 5.74) is -1.67. The fourth-order valence-electron chi connectivity index (χ4n) is 2.28. The van der Waals surface area contributed by atoms with Crippen molar-refractivity contribution in [2.45, 2.75) is 0 Å². The summed E-state index contributed by atoms with van der Waals surface area (Å²) >= 11 is 4.10. The highest BCUT2D eigenvalue weighted by molar-refractivity contribution is 9.43.